The zero-order valence-electron chi connectivity index (χ0n) is 10.8. The molecule has 0 saturated heterocycles. The summed E-state index contributed by atoms with van der Waals surface area (Å²) in [6, 6.07) is 0. The van der Waals surface area contributed by atoms with E-state index in [1.165, 1.54) is 0 Å². The summed E-state index contributed by atoms with van der Waals surface area (Å²) in [6.07, 6.45) is 2.99. The average molecular weight is 278 g/mol. The fourth-order valence-corrected chi connectivity index (χ4v) is 2.24. The molecule has 5 heteroatoms. The van der Waals surface area contributed by atoms with Crippen molar-refractivity contribution in [2.24, 2.45) is 7.05 Å². The molecule has 1 heterocycles. The summed E-state index contributed by atoms with van der Waals surface area (Å²) in [5.41, 5.74) is 2.03. The third-order valence-corrected chi connectivity index (χ3v) is 3.41. The van der Waals surface area contributed by atoms with E-state index in [0.29, 0.717) is 0 Å². The minimum absolute atomic E-state index is 0.254. The Kier molecular flexibility index (Phi) is 6.31. The molecule has 0 spiro atoms. The maximum atomic E-state index is 6.25. The Balaban J connectivity index is 2.39. The molecule has 1 rings (SSSR count). The van der Waals surface area contributed by atoms with Crippen LogP contribution in [-0.4, -0.2) is 21.7 Å². The lowest BCUT2D eigenvalue weighted by molar-refractivity contribution is 0.589. The summed E-state index contributed by atoms with van der Waals surface area (Å²) < 4.78 is 1.86. The van der Waals surface area contributed by atoms with Gasteiger partial charge in [0.25, 0.3) is 0 Å². The lowest BCUT2D eigenvalue weighted by atomic mass is 10.2. The summed E-state index contributed by atoms with van der Waals surface area (Å²) in [7, 11) is 1.93. The molecule has 1 aromatic heterocycles. The van der Waals surface area contributed by atoms with Gasteiger partial charge in [-0.25, -0.2) is 0 Å². The molecule has 0 bridgehead atoms. The highest BCUT2D eigenvalue weighted by molar-refractivity contribution is 6.31. The van der Waals surface area contributed by atoms with Crippen molar-refractivity contribution in [3.05, 3.63) is 16.4 Å². The van der Waals surface area contributed by atoms with Gasteiger partial charge in [-0.2, -0.15) is 5.10 Å². The summed E-state index contributed by atoms with van der Waals surface area (Å²) in [5.74, 6) is 0. The van der Waals surface area contributed by atoms with E-state index in [4.69, 9.17) is 23.2 Å². The van der Waals surface area contributed by atoms with Crippen LogP contribution in [0.1, 0.15) is 38.1 Å². The van der Waals surface area contributed by atoms with Crippen molar-refractivity contribution in [1.82, 2.24) is 15.1 Å². The number of hydrogen-bond acceptors (Lipinski definition) is 2. The van der Waals surface area contributed by atoms with Crippen molar-refractivity contribution in [1.29, 1.82) is 0 Å². The van der Waals surface area contributed by atoms with Crippen LogP contribution in [0.2, 0.25) is 5.02 Å². The molecule has 0 amide bonds. The Morgan fingerprint density at radius 3 is 2.71 bits per heavy atom. The Morgan fingerprint density at radius 1 is 1.47 bits per heavy atom. The largest absolute Gasteiger partial charge is 0.311 e. The number of rotatable bonds is 7. The number of nitrogens with zero attached hydrogens (tertiary/aromatic N) is 2. The molecule has 0 aliphatic heterocycles. The minimum Gasteiger partial charge on any atom is -0.311 e. The van der Waals surface area contributed by atoms with Gasteiger partial charge in [-0.1, -0.05) is 18.5 Å². The molecule has 1 aromatic rings. The average Bonchev–Trinajstić information content (AvgIpc) is 2.54. The van der Waals surface area contributed by atoms with Gasteiger partial charge in [-0.15, -0.1) is 11.6 Å². The first-order valence-corrected chi connectivity index (χ1v) is 6.92. The number of aromatic nitrogens is 2. The van der Waals surface area contributed by atoms with Crippen LogP contribution in [0.4, 0.5) is 0 Å². The van der Waals surface area contributed by atoms with Crippen LogP contribution in [0.25, 0.3) is 0 Å². The molecule has 1 unspecified atom stereocenters. The van der Waals surface area contributed by atoms with E-state index in [9.17, 15) is 0 Å². The predicted octanol–water partition coefficient (Wildman–Crippen LogP) is 3.13. The first-order valence-electron chi connectivity index (χ1n) is 6.11. The van der Waals surface area contributed by atoms with Crippen LogP contribution < -0.4 is 5.32 Å². The number of hydrogen-bond donors (Lipinski definition) is 1. The Bertz CT molecular complexity index is 348. The van der Waals surface area contributed by atoms with Gasteiger partial charge in [0, 0.05) is 19.0 Å². The minimum atomic E-state index is 0.254. The fraction of sp³-hybridized carbons (Fsp3) is 0.750. The molecule has 0 aromatic carbocycles. The number of nitrogens with one attached hydrogen (secondary N) is 1. The number of alkyl halides is 1. The molecule has 0 saturated carbocycles. The standard InChI is InChI=1S/C12H21Cl2N3/c1-4-10-12(14)11(17(3)16-10)8-15-7-5-6-9(2)13/h9,15H,4-8H2,1-3H3. The second-order valence-electron chi connectivity index (χ2n) is 4.28. The van der Waals surface area contributed by atoms with Crippen LogP contribution in [-0.2, 0) is 20.0 Å². The van der Waals surface area contributed by atoms with E-state index in [1.807, 2.05) is 18.7 Å². The van der Waals surface area contributed by atoms with Gasteiger partial charge >= 0.3 is 0 Å². The van der Waals surface area contributed by atoms with E-state index in [0.717, 1.165) is 48.8 Å². The van der Waals surface area contributed by atoms with Crippen molar-refractivity contribution in [3.63, 3.8) is 0 Å². The quantitative estimate of drug-likeness (QED) is 0.613. The van der Waals surface area contributed by atoms with Gasteiger partial charge in [0.15, 0.2) is 0 Å². The molecule has 0 fully saturated rings. The molecular formula is C12H21Cl2N3. The van der Waals surface area contributed by atoms with Gasteiger partial charge in [-0.05, 0) is 32.7 Å². The maximum Gasteiger partial charge on any atom is 0.0863 e. The molecule has 1 N–H and O–H groups in total. The van der Waals surface area contributed by atoms with Crippen LogP contribution in [0, 0.1) is 0 Å². The lowest BCUT2D eigenvalue weighted by Gasteiger charge is -2.06. The molecule has 0 aliphatic rings. The van der Waals surface area contributed by atoms with E-state index >= 15 is 0 Å². The third-order valence-electron chi connectivity index (χ3n) is 2.75. The van der Waals surface area contributed by atoms with Crippen LogP contribution in [0.3, 0.4) is 0 Å². The predicted molar refractivity (Wildman–Crippen MR) is 73.9 cm³/mol. The first kappa shape index (κ1) is 14.8. The van der Waals surface area contributed by atoms with Gasteiger partial charge in [0.2, 0.25) is 0 Å². The molecule has 1 atom stereocenters. The molecule has 17 heavy (non-hydrogen) atoms. The molecule has 98 valence electrons. The first-order chi connectivity index (χ1) is 8.06. The lowest BCUT2D eigenvalue weighted by Crippen LogP contribution is -2.17. The van der Waals surface area contributed by atoms with E-state index < -0.39 is 0 Å². The van der Waals surface area contributed by atoms with Gasteiger partial charge in [0.05, 0.1) is 16.4 Å². The third kappa shape index (κ3) is 4.49. The topological polar surface area (TPSA) is 29.9 Å². The van der Waals surface area contributed by atoms with Crippen LogP contribution in [0.5, 0.6) is 0 Å². The Labute approximate surface area is 113 Å². The van der Waals surface area contributed by atoms with Crippen molar-refractivity contribution in [3.8, 4) is 0 Å². The van der Waals surface area contributed by atoms with Crippen LogP contribution in [0.15, 0.2) is 0 Å². The zero-order chi connectivity index (χ0) is 12.8. The highest BCUT2D eigenvalue weighted by Gasteiger charge is 2.11. The molecule has 0 aliphatic carbocycles. The summed E-state index contributed by atoms with van der Waals surface area (Å²) in [5, 5.41) is 8.80. The zero-order valence-corrected chi connectivity index (χ0v) is 12.3. The van der Waals surface area contributed by atoms with E-state index in [1.54, 1.807) is 0 Å². The number of halogens is 2. The maximum absolute atomic E-state index is 6.25. The summed E-state index contributed by atoms with van der Waals surface area (Å²) in [6.45, 7) is 5.80. The van der Waals surface area contributed by atoms with Crippen molar-refractivity contribution in [2.75, 3.05) is 6.54 Å². The molecule has 0 radical (unpaired) electrons. The van der Waals surface area contributed by atoms with Crippen molar-refractivity contribution >= 4 is 23.2 Å². The summed E-state index contributed by atoms with van der Waals surface area (Å²) >= 11 is 12.1. The van der Waals surface area contributed by atoms with Gasteiger partial charge in [0.1, 0.15) is 0 Å². The summed E-state index contributed by atoms with van der Waals surface area (Å²) in [4.78, 5) is 0. The van der Waals surface area contributed by atoms with E-state index in [2.05, 4.69) is 17.3 Å². The second kappa shape index (κ2) is 7.24. The fourth-order valence-electron chi connectivity index (χ4n) is 1.73. The molecule has 3 nitrogen and oxygen atoms in total. The van der Waals surface area contributed by atoms with Crippen molar-refractivity contribution < 1.29 is 0 Å². The highest BCUT2D eigenvalue weighted by atomic mass is 35.5. The van der Waals surface area contributed by atoms with Crippen LogP contribution >= 0.6 is 23.2 Å². The van der Waals surface area contributed by atoms with Gasteiger partial charge in [-0.3, -0.25) is 4.68 Å². The Morgan fingerprint density at radius 2 is 2.18 bits per heavy atom. The monoisotopic (exact) mass is 277 g/mol. The van der Waals surface area contributed by atoms with Crippen molar-refractivity contribution in [2.45, 2.75) is 45.0 Å². The smallest absolute Gasteiger partial charge is 0.0863 e. The number of aryl methyl sites for hydroxylation is 2. The molecular weight excluding hydrogens is 257 g/mol. The second-order valence-corrected chi connectivity index (χ2v) is 5.41. The van der Waals surface area contributed by atoms with E-state index in [-0.39, 0.29) is 5.38 Å². The highest BCUT2D eigenvalue weighted by Crippen LogP contribution is 2.20. The Hall–Kier alpha value is -0.250. The normalized spacial score (nSPS) is 13.0. The SMILES string of the molecule is CCc1nn(C)c(CNCCCC(C)Cl)c1Cl. The van der Waals surface area contributed by atoms with Gasteiger partial charge < -0.3 is 5.32 Å².